The molecule has 0 fully saturated rings. The Morgan fingerprint density at radius 2 is 2.05 bits per heavy atom. The van der Waals surface area contributed by atoms with Gasteiger partial charge in [0.15, 0.2) is 0 Å². The van der Waals surface area contributed by atoms with Gasteiger partial charge < -0.3 is 10.1 Å². The van der Waals surface area contributed by atoms with Crippen molar-refractivity contribution < 1.29 is 5.11 Å². The van der Waals surface area contributed by atoms with E-state index in [0.717, 1.165) is 35.0 Å². The molecule has 0 saturated heterocycles. The van der Waals surface area contributed by atoms with Gasteiger partial charge in [-0.1, -0.05) is 11.6 Å². The van der Waals surface area contributed by atoms with Crippen LogP contribution in [-0.2, 0) is 13.0 Å². The van der Waals surface area contributed by atoms with Crippen molar-refractivity contribution in [2.45, 2.75) is 46.7 Å². The minimum Gasteiger partial charge on any atom is -0.507 e. The quantitative estimate of drug-likeness (QED) is 0.808. The van der Waals surface area contributed by atoms with E-state index in [1.807, 2.05) is 12.3 Å². The molecule has 0 spiro atoms. The number of allylic oxidation sites excluding steroid dienone is 2. The highest BCUT2D eigenvalue weighted by atomic mass is 16.3. The summed E-state index contributed by atoms with van der Waals surface area (Å²) >= 11 is 0. The highest BCUT2D eigenvalue weighted by molar-refractivity contribution is 5.89. The van der Waals surface area contributed by atoms with E-state index >= 15 is 0 Å². The van der Waals surface area contributed by atoms with Gasteiger partial charge >= 0.3 is 0 Å². The zero-order chi connectivity index (χ0) is 15.6. The third kappa shape index (κ3) is 3.67. The molecule has 1 heterocycles. The Morgan fingerprint density at radius 1 is 1.33 bits per heavy atom. The molecule has 0 aliphatic rings. The molecule has 2 aromatic rings. The Balaban J connectivity index is 2.34. The standard InChI is InChI=1S/C18H26N2O/c1-12(2)6-7-14-8-16-18(17(21)9-14)15(10-19-16)11-20(5)13(3)4/h6,8-10,13,19,21H,7,11H2,1-5H3. The lowest BCUT2D eigenvalue weighted by molar-refractivity contribution is 0.266. The van der Waals surface area contributed by atoms with Gasteiger partial charge in [0.25, 0.3) is 0 Å². The maximum Gasteiger partial charge on any atom is 0.125 e. The number of rotatable bonds is 5. The topological polar surface area (TPSA) is 39.3 Å². The fraction of sp³-hybridized carbons (Fsp3) is 0.444. The summed E-state index contributed by atoms with van der Waals surface area (Å²) in [6.07, 6.45) is 5.04. The highest BCUT2D eigenvalue weighted by Gasteiger charge is 2.12. The van der Waals surface area contributed by atoms with Crippen molar-refractivity contribution in [1.82, 2.24) is 9.88 Å². The first-order chi connectivity index (χ1) is 9.88. The zero-order valence-electron chi connectivity index (χ0n) is 13.7. The average Bonchev–Trinajstić information content (AvgIpc) is 2.79. The summed E-state index contributed by atoms with van der Waals surface area (Å²) in [6.45, 7) is 9.36. The molecule has 0 atom stereocenters. The van der Waals surface area contributed by atoms with E-state index < -0.39 is 0 Å². The largest absolute Gasteiger partial charge is 0.507 e. The monoisotopic (exact) mass is 286 g/mol. The number of fused-ring (bicyclic) bond motifs is 1. The van der Waals surface area contributed by atoms with Gasteiger partial charge in [-0.15, -0.1) is 0 Å². The molecule has 114 valence electrons. The molecule has 0 radical (unpaired) electrons. The summed E-state index contributed by atoms with van der Waals surface area (Å²) in [4.78, 5) is 5.56. The number of phenols is 1. The Morgan fingerprint density at radius 3 is 2.67 bits per heavy atom. The van der Waals surface area contributed by atoms with E-state index in [2.05, 4.69) is 56.8 Å². The molecular formula is C18H26N2O. The van der Waals surface area contributed by atoms with E-state index in [4.69, 9.17) is 0 Å². The minimum absolute atomic E-state index is 0.373. The number of H-pyrrole nitrogens is 1. The maximum absolute atomic E-state index is 10.4. The van der Waals surface area contributed by atoms with Crippen molar-refractivity contribution in [3.8, 4) is 5.75 Å². The first-order valence-electron chi connectivity index (χ1n) is 7.54. The van der Waals surface area contributed by atoms with Gasteiger partial charge in [-0.05, 0) is 64.4 Å². The lowest BCUT2D eigenvalue weighted by atomic mass is 10.0. The van der Waals surface area contributed by atoms with Gasteiger partial charge in [0, 0.05) is 29.7 Å². The summed E-state index contributed by atoms with van der Waals surface area (Å²) in [5.74, 6) is 0.373. The van der Waals surface area contributed by atoms with E-state index in [9.17, 15) is 5.11 Å². The number of aromatic amines is 1. The Kier molecular flexibility index (Phi) is 4.73. The predicted octanol–water partition coefficient (Wildman–Crippen LogP) is 4.22. The van der Waals surface area contributed by atoms with Crippen LogP contribution in [-0.4, -0.2) is 28.1 Å². The van der Waals surface area contributed by atoms with Gasteiger partial charge in [0.2, 0.25) is 0 Å². The lowest BCUT2D eigenvalue weighted by Gasteiger charge is -2.20. The molecule has 3 heteroatoms. The average molecular weight is 286 g/mol. The van der Waals surface area contributed by atoms with Crippen LogP contribution in [0.4, 0.5) is 0 Å². The summed E-state index contributed by atoms with van der Waals surface area (Å²) in [7, 11) is 2.10. The predicted molar refractivity (Wildman–Crippen MR) is 89.7 cm³/mol. The van der Waals surface area contributed by atoms with Crippen LogP contribution in [0.3, 0.4) is 0 Å². The van der Waals surface area contributed by atoms with Gasteiger partial charge in [0.05, 0.1) is 0 Å². The van der Waals surface area contributed by atoms with E-state index in [1.165, 1.54) is 5.57 Å². The summed E-state index contributed by atoms with van der Waals surface area (Å²) in [5, 5.41) is 11.3. The first-order valence-corrected chi connectivity index (χ1v) is 7.54. The molecular weight excluding hydrogens is 260 g/mol. The molecule has 1 aromatic carbocycles. The number of phenolic OH excluding ortho intramolecular Hbond substituents is 1. The van der Waals surface area contributed by atoms with Crippen LogP contribution in [0.25, 0.3) is 10.9 Å². The SMILES string of the molecule is CC(C)=CCc1cc(O)c2c(CN(C)C(C)C)c[nH]c2c1. The molecule has 2 N–H and O–H groups in total. The smallest absolute Gasteiger partial charge is 0.125 e. The third-order valence-corrected chi connectivity index (χ3v) is 3.95. The molecule has 0 amide bonds. The maximum atomic E-state index is 10.4. The molecule has 2 rings (SSSR count). The first kappa shape index (κ1) is 15.6. The summed E-state index contributed by atoms with van der Waals surface area (Å²) in [5.41, 5.74) is 4.58. The number of nitrogens with one attached hydrogen (secondary N) is 1. The van der Waals surface area contributed by atoms with E-state index in [-0.39, 0.29) is 0 Å². The van der Waals surface area contributed by atoms with Crippen molar-refractivity contribution in [3.63, 3.8) is 0 Å². The van der Waals surface area contributed by atoms with Crippen LogP contribution in [0.2, 0.25) is 0 Å². The van der Waals surface area contributed by atoms with Crippen LogP contribution in [0, 0.1) is 0 Å². The molecule has 3 nitrogen and oxygen atoms in total. The summed E-state index contributed by atoms with van der Waals surface area (Å²) in [6, 6.07) is 4.50. The van der Waals surface area contributed by atoms with Crippen molar-refractivity contribution in [3.05, 3.63) is 41.1 Å². The molecule has 0 bridgehead atoms. The highest BCUT2D eigenvalue weighted by Crippen LogP contribution is 2.30. The fourth-order valence-corrected chi connectivity index (χ4v) is 2.39. The normalized spacial score (nSPS) is 11.6. The number of hydrogen-bond acceptors (Lipinski definition) is 2. The second kappa shape index (κ2) is 6.35. The molecule has 0 aliphatic heterocycles. The minimum atomic E-state index is 0.373. The van der Waals surface area contributed by atoms with Crippen LogP contribution in [0.15, 0.2) is 30.0 Å². The van der Waals surface area contributed by atoms with Gasteiger partial charge in [-0.25, -0.2) is 0 Å². The number of aromatic hydroxyl groups is 1. The molecule has 0 unspecified atom stereocenters. The van der Waals surface area contributed by atoms with Crippen LogP contribution in [0.5, 0.6) is 5.75 Å². The van der Waals surface area contributed by atoms with Crippen LogP contribution >= 0.6 is 0 Å². The van der Waals surface area contributed by atoms with Crippen LogP contribution in [0.1, 0.15) is 38.8 Å². The number of aromatic nitrogens is 1. The molecule has 0 saturated carbocycles. The van der Waals surface area contributed by atoms with Crippen molar-refractivity contribution in [2.24, 2.45) is 0 Å². The molecule has 0 aliphatic carbocycles. The van der Waals surface area contributed by atoms with Crippen molar-refractivity contribution >= 4 is 10.9 Å². The Hall–Kier alpha value is -1.74. The van der Waals surface area contributed by atoms with Gasteiger partial charge in [-0.3, -0.25) is 4.90 Å². The summed E-state index contributed by atoms with van der Waals surface area (Å²) < 4.78 is 0. The second-order valence-corrected chi connectivity index (χ2v) is 6.35. The fourth-order valence-electron chi connectivity index (χ4n) is 2.39. The van der Waals surface area contributed by atoms with Crippen LogP contribution < -0.4 is 0 Å². The number of hydrogen-bond donors (Lipinski definition) is 2. The second-order valence-electron chi connectivity index (χ2n) is 6.35. The lowest BCUT2D eigenvalue weighted by Crippen LogP contribution is -2.25. The van der Waals surface area contributed by atoms with E-state index in [0.29, 0.717) is 11.8 Å². The molecule has 1 aromatic heterocycles. The van der Waals surface area contributed by atoms with E-state index in [1.54, 1.807) is 0 Å². The number of nitrogens with zero attached hydrogens (tertiary/aromatic N) is 1. The zero-order valence-corrected chi connectivity index (χ0v) is 13.7. The van der Waals surface area contributed by atoms with Gasteiger partial charge in [-0.2, -0.15) is 0 Å². The Labute approximate surface area is 127 Å². The molecule has 21 heavy (non-hydrogen) atoms. The third-order valence-electron chi connectivity index (χ3n) is 3.95. The van der Waals surface area contributed by atoms with Crippen molar-refractivity contribution in [2.75, 3.05) is 7.05 Å². The Bertz CT molecular complexity index is 649. The number of benzene rings is 1. The van der Waals surface area contributed by atoms with Gasteiger partial charge in [0.1, 0.15) is 5.75 Å². The van der Waals surface area contributed by atoms with Crippen molar-refractivity contribution in [1.29, 1.82) is 0 Å².